The van der Waals surface area contributed by atoms with Gasteiger partial charge in [0.1, 0.15) is 11.3 Å². The molecule has 2 fully saturated rings. The van der Waals surface area contributed by atoms with Crippen LogP contribution in [0.4, 0.5) is 0 Å². The van der Waals surface area contributed by atoms with Crippen molar-refractivity contribution < 1.29 is 9.53 Å². The van der Waals surface area contributed by atoms with Gasteiger partial charge >= 0.3 is 0 Å². The summed E-state index contributed by atoms with van der Waals surface area (Å²) in [5.41, 5.74) is 1.23. The highest BCUT2D eigenvalue weighted by Crippen LogP contribution is 2.40. The summed E-state index contributed by atoms with van der Waals surface area (Å²) in [7, 11) is 0. The van der Waals surface area contributed by atoms with Crippen molar-refractivity contribution in [3.63, 3.8) is 0 Å². The molecule has 6 heteroatoms. The van der Waals surface area contributed by atoms with Crippen molar-refractivity contribution in [1.82, 2.24) is 14.3 Å². The Hall–Kier alpha value is -1.59. The SMILES string of the molecule is CCO[C@H]1CC2CC1CN2C(=O)c1cn2cc(Cl)ccc2n1. The van der Waals surface area contributed by atoms with E-state index in [1.54, 1.807) is 22.9 Å². The molecule has 0 radical (unpaired) electrons. The van der Waals surface area contributed by atoms with Gasteiger partial charge in [-0.05, 0) is 31.9 Å². The first-order valence-corrected chi connectivity index (χ1v) is 8.10. The highest BCUT2D eigenvalue weighted by Gasteiger charge is 2.47. The number of imidazole rings is 1. The van der Waals surface area contributed by atoms with Crippen molar-refractivity contribution in [3.05, 3.63) is 35.2 Å². The van der Waals surface area contributed by atoms with Crippen LogP contribution in [-0.4, -0.2) is 45.5 Å². The third-order valence-electron chi connectivity index (χ3n) is 4.75. The van der Waals surface area contributed by atoms with Crippen molar-refractivity contribution in [2.24, 2.45) is 5.92 Å². The lowest BCUT2D eigenvalue weighted by atomic mass is 10.1. The molecule has 0 N–H and O–H groups in total. The Balaban J connectivity index is 1.55. The molecule has 1 aliphatic carbocycles. The summed E-state index contributed by atoms with van der Waals surface area (Å²) >= 11 is 5.97. The largest absolute Gasteiger partial charge is 0.378 e. The lowest BCUT2D eigenvalue weighted by molar-refractivity contribution is 0.00742. The smallest absolute Gasteiger partial charge is 0.274 e. The molecule has 2 unspecified atom stereocenters. The number of piperidine rings is 1. The van der Waals surface area contributed by atoms with E-state index in [2.05, 4.69) is 4.98 Å². The van der Waals surface area contributed by atoms with Gasteiger partial charge in [0.25, 0.3) is 5.91 Å². The van der Waals surface area contributed by atoms with Crippen LogP contribution in [0.3, 0.4) is 0 Å². The number of carbonyl (C=O) groups excluding carboxylic acids is 1. The standard InChI is InChI=1S/C16H18ClN3O2/c1-2-22-14-6-12-5-10(14)7-20(12)16(21)13-9-19-8-11(17)3-4-15(19)18-13/h3-4,8-10,12,14H,2,5-7H2,1H3/t10?,12?,14-/m0/s1. The molecule has 1 saturated heterocycles. The van der Waals surface area contributed by atoms with Crippen LogP contribution in [0.2, 0.25) is 5.02 Å². The minimum Gasteiger partial charge on any atom is -0.378 e. The molecule has 1 saturated carbocycles. The lowest BCUT2D eigenvalue weighted by Gasteiger charge is -2.30. The summed E-state index contributed by atoms with van der Waals surface area (Å²) in [6.07, 6.45) is 5.84. The quantitative estimate of drug-likeness (QED) is 0.873. The Morgan fingerprint density at radius 1 is 1.41 bits per heavy atom. The Morgan fingerprint density at radius 3 is 3.00 bits per heavy atom. The predicted molar refractivity (Wildman–Crippen MR) is 83.2 cm³/mol. The normalized spacial score (nSPS) is 27.0. The number of nitrogens with zero attached hydrogens (tertiary/aromatic N) is 3. The van der Waals surface area contributed by atoms with E-state index in [9.17, 15) is 4.79 Å². The second kappa shape index (κ2) is 5.25. The molecule has 1 amide bonds. The minimum atomic E-state index is 0.0160. The molecule has 2 aromatic rings. The fourth-order valence-corrected chi connectivity index (χ4v) is 3.96. The van der Waals surface area contributed by atoms with E-state index in [0.717, 1.165) is 31.6 Å². The molecule has 22 heavy (non-hydrogen) atoms. The molecule has 1 aliphatic heterocycles. The molecule has 3 heterocycles. The number of carbonyl (C=O) groups is 1. The van der Waals surface area contributed by atoms with Crippen molar-refractivity contribution >= 4 is 23.2 Å². The van der Waals surface area contributed by atoms with Crippen molar-refractivity contribution in [2.45, 2.75) is 31.9 Å². The van der Waals surface area contributed by atoms with Gasteiger partial charge < -0.3 is 14.0 Å². The number of pyridine rings is 1. The molecule has 116 valence electrons. The van der Waals surface area contributed by atoms with Crippen molar-refractivity contribution in [2.75, 3.05) is 13.2 Å². The number of hydrogen-bond donors (Lipinski definition) is 0. The van der Waals surface area contributed by atoms with E-state index in [1.807, 2.05) is 17.9 Å². The van der Waals surface area contributed by atoms with E-state index in [4.69, 9.17) is 16.3 Å². The molecular formula is C16H18ClN3O2. The van der Waals surface area contributed by atoms with Gasteiger partial charge in [0.2, 0.25) is 0 Å². The highest BCUT2D eigenvalue weighted by molar-refractivity contribution is 6.30. The predicted octanol–water partition coefficient (Wildman–Crippen LogP) is 2.63. The van der Waals surface area contributed by atoms with E-state index in [0.29, 0.717) is 28.8 Å². The van der Waals surface area contributed by atoms with Crippen LogP contribution in [-0.2, 0) is 4.74 Å². The number of aromatic nitrogens is 2. The molecule has 2 aromatic heterocycles. The minimum absolute atomic E-state index is 0.0160. The van der Waals surface area contributed by atoms with Crippen molar-refractivity contribution in [3.8, 4) is 0 Å². The maximum atomic E-state index is 12.7. The Labute approximate surface area is 133 Å². The van der Waals surface area contributed by atoms with Crippen LogP contribution in [0.25, 0.3) is 5.65 Å². The maximum absolute atomic E-state index is 12.7. The fraction of sp³-hybridized carbons (Fsp3) is 0.500. The van der Waals surface area contributed by atoms with Crippen LogP contribution < -0.4 is 0 Å². The van der Waals surface area contributed by atoms with E-state index in [1.165, 1.54) is 0 Å². The van der Waals surface area contributed by atoms with E-state index < -0.39 is 0 Å². The molecule has 4 rings (SSSR count). The Bertz CT molecular complexity index is 729. The zero-order valence-corrected chi connectivity index (χ0v) is 13.2. The molecule has 3 atom stereocenters. The Kier molecular flexibility index (Phi) is 3.35. The molecule has 0 aromatic carbocycles. The average Bonchev–Trinajstić information content (AvgIpc) is 3.18. The van der Waals surface area contributed by atoms with Crippen LogP contribution in [0.15, 0.2) is 24.5 Å². The fourth-order valence-electron chi connectivity index (χ4n) is 3.79. The number of likely N-dealkylation sites (tertiary alicyclic amines) is 1. The third-order valence-corrected chi connectivity index (χ3v) is 4.98. The first-order valence-electron chi connectivity index (χ1n) is 7.72. The van der Waals surface area contributed by atoms with Gasteiger partial charge in [-0.25, -0.2) is 4.98 Å². The third kappa shape index (κ3) is 2.20. The van der Waals surface area contributed by atoms with E-state index in [-0.39, 0.29) is 5.91 Å². The van der Waals surface area contributed by atoms with Gasteiger partial charge in [-0.2, -0.15) is 0 Å². The van der Waals surface area contributed by atoms with Crippen LogP contribution >= 0.6 is 11.6 Å². The van der Waals surface area contributed by atoms with Gasteiger partial charge in [-0.1, -0.05) is 11.6 Å². The molecule has 2 aliphatic rings. The topological polar surface area (TPSA) is 46.8 Å². The number of rotatable bonds is 3. The van der Waals surface area contributed by atoms with Gasteiger partial charge in [-0.3, -0.25) is 4.79 Å². The van der Waals surface area contributed by atoms with Crippen LogP contribution in [0, 0.1) is 5.92 Å². The summed E-state index contributed by atoms with van der Waals surface area (Å²) in [5.74, 6) is 0.489. The number of amides is 1. The highest BCUT2D eigenvalue weighted by atomic mass is 35.5. The molecule has 5 nitrogen and oxygen atoms in total. The number of fused-ring (bicyclic) bond motifs is 3. The second-order valence-electron chi connectivity index (χ2n) is 6.08. The summed E-state index contributed by atoms with van der Waals surface area (Å²) in [6.45, 7) is 3.55. The van der Waals surface area contributed by atoms with Crippen molar-refractivity contribution in [1.29, 1.82) is 0 Å². The van der Waals surface area contributed by atoms with Gasteiger partial charge in [-0.15, -0.1) is 0 Å². The summed E-state index contributed by atoms with van der Waals surface area (Å²) in [6, 6.07) is 3.89. The summed E-state index contributed by atoms with van der Waals surface area (Å²) in [5, 5.41) is 0.628. The monoisotopic (exact) mass is 319 g/mol. The molecular weight excluding hydrogens is 302 g/mol. The second-order valence-corrected chi connectivity index (χ2v) is 6.51. The number of halogens is 1. The zero-order valence-electron chi connectivity index (χ0n) is 12.4. The van der Waals surface area contributed by atoms with Gasteiger partial charge in [0.15, 0.2) is 0 Å². The number of hydrogen-bond acceptors (Lipinski definition) is 3. The first kappa shape index (κ1) is 14.0. The van der Waals surface area contributed by atoms with Gasteiger partial charge in [0.05, 0.1) is 11.1 Å². The summed E-state index contributed by atoms with van der Waals surface area (Å²) < 4.78 is 7.56. The molecule has 0 spiro atoms. The molecule has 2 bridgehead atoms. The number of ether oxygens (including phenoxy) is 1. The average molecular weight is 320 g/mol. The first-order chi connectivity index (χ1) is 10.7. The van der Waals surface area contributed by atoms with E-state index >= 15 is 0 Å². The maximum Gasteiger partial charge on any atom is 0.274 e. The lowest BCUT2D eigenvalue weighted by Crippen LogP contribution is -2.42. The Morgan fingerprint density at radius 2 is 2.27 bits per heavy atom. The zero-order chi connectivity index (χ0) is 15.3. The van der Waals surface area contributed by atoms with Crippen LogP contribution in [0.5, 0.6) is 0 Å². The van der Waals surface area contributed by atoms with Gasteiger partial charge in [0, 0.05) is 37.5 Å². The summed E-state index contributed by atoms with van der Waals surface area (Å²) in [4.78, 5) is 19.1. The van der Waals surface area contributed by atoms with Crippen LogP contribution in [0.1, 0.15) is 30.3 Å².